The van der Waals surface area contributed by atoms with E-state index < -0.39 is 6.04 Å². The van der Waals surface area contributed by atoms with Crippen LogP contribution in [0.2, 0.25) is 0 Å². The van der Waals surface area contributed by atoms with E-state index in [-0.39, 0.29) is 50.5 Å². The number of aldehydes is 1. The van der Waals surface area contributed by atoms with Gasteiger partial charge in [0.15, 0.2) is 5.78 Å². The molecule has 5 rings (SSSR count). The molecule has 6 nitrogen and oxygen atoms in total. The molecule has 0 spiro atoms. The van der Waals surface area contributed by atoms with E-state index in [1.54, 1.807) is 13.8 Å². The normalized spacial score (nSPS) is 47.1. The van der Waals surface area contributed by atoms with Gasteiger partial charge in [-0.1, -0.05) is 54.0 Å². The lowest BCUT2D eigenvalue weighted by molar-refractivity contribution is -0.202. The zero-order valence-electron chi connectivity index (χ0n) is 27.3. The van der Waals surface area contributed by atoms with E-state index in [1.807, 2.05) is 0 Å². The number of carbonyl (C=O) groups is 3. The molecule has 3 N–H and O–H groups in total. The molecule has 5 aliphatic carbocycles. The second-order valence-corrected chi connectivity index (χ2v) is 16.4. The van der Waals surface area contributed by atoms with Crippen LogP contribution in [-0.4, -0.2) is 41.9 Å². The first-order valence-corrected chi connectivity index (χ1v) is 16.2. The minimum Gasteiger partial charge on any atom is -0.465 e. The van der Waals surface area contributed by atoms with Crippen molar-refractivity contribution in [2.45, 2.75) is 132 Å². The van der Waals surface area contributed by atoms with Crippen molar-refractivity contribution in [1.82, 2.24) is 0 Å². The van der Waals surface area contributed by atoms with Gasteiger partial charge in [-0.3, -0.25) is 9.59 Å². The SMILES string of the molecule is CC12CC[C@](C)(C=O)CC1C1=CC(=O)C3C4(C)CCC(O)C(C)(C)C4CCC3(C)[C@]1(C)CC2.CCOC(=O)C(C)N. The summed E-state index contributed by atoms with van der Waals surface area (Å²) in [6.45, 7) is 20.0. The van der Waals surface area contributed by atoms with Crippen LogP contribution in [0.3, 0.4) is 0 Å². The average molecular weight is 572 g/mol. The summed E-state index contributed by atoms with van der Waals surface area (Å²) in [5.74, 6) is 0.725. The topological polar surface area (TPSA) is 107 Å². The minimum atomic E-state index is -0.491. The lowest BCUT2D eigenvalue weighted by Crippen LogP contribution is -2.66. The first-order valence-electron chi connectivity index (χ1n) is 16.2. The fourth-order valence-corrected chi connectivity index (χ4v) is 10.6. The lowest BCUT2D eigenvalue weighted by Gasteiger charge is -2.70. The molecule has 0 bridgehead atoms. The fraction of sp³-hybridized carbons (Fsp3) is 0.857. The van der Waals surface area contributed by atoms with Crippen molar-refractivity contribution in [3.05, 3.63) is 11.6 Å². The molecule has 5 aliphatic rings. The highest BCUT2D eigenvalue weighted by atomic mass is 16.5. The summed E-state index contributed by atoms with van der Waals surface area (Å²) < 4.78 is 4.54. The predicted octanol–water partition coefficient (Wildman–Crippen LogP) is 6.42. The van der Waals surface area contributed by atoms with Crippen molar-refractivity contribution in [2.24, 2.45) is 56.0 Å². The van der Waals surface area contributed by atoms with Gasteiger partial charge in [0.25, 0.3) is 0 Å². The van der Waals surface area contributed by atoms with E-state index in [4.69, 9.17) is 5.73 Å². The number of ether oxygens (including phenoxy) is 1. The molecule has 0 aliphatic heterocycles. The predicted molar refractivity (Wildman–Crippen MR) is 162 cm³/mol. The first kappa shape index (κ1) is 32.4. The Bertz CT molecular complexity index is 1100. The fourth-order valence-electron chi connectivity index (χ4n) is 10.6. The molecule has 41 heavy (non-hydrogen) atoms. The summed E-state index contributed by atoms with van der Waals surface area (Å²) in [6, 6.07) is -0.491. The van der Waals surface area contributed by atoms with Crippen LogP contribution >= 0.6 is 0 Å². The highest BCUT2D eigenvalue weighted by Gasteiger charge is 2.70. The van der Waals surface area contributed by atoms with E-state index in [0.29, 0.717) is 24.2 Å². The van der Waals surface area contributed by atoms with Crippen molar-refractivity contribution in [3.8, 4) is 0 Å². The second-order valence-electron chi connectivity index (χ2n) is 16.4. The Labute approximate surface area is 248 Å². The lowest BCUT2D eigenvalue weighted by atomic mass is 9.33. The molecule has 0 aromatic rings. The highest BCUT2D eigenvalue weighted by molar-refractivity contribution is 5.95. The van der Waals surface area contributed by atoms with Gasteiger partial charge in [0.2, 0.25) is 0 Å². The molecule has 0 aromatic carbocycles. The maximum Gasteiger partial charge on any atom is 0.322 e. The number of ketones is 1. The van der Waals surface area contributed by atoms with Crippen molar-refractivity contribution < 1.29 is 24.2 Å². The average Bonchev–Trinajstić information content (AvgIpc) is 2.89. The van der Waals surface area contributed by atoms with Gasteiger partial charge in [-0.25, -0.2) is 0 Å². The number of fused-ring (bicyclic) bond motifs is 7. The molecule has 8 unspecified atom stereocenters. The number of aliphatic hydroxyl groups is 1. The van der Waals surface area contributed by atoms with E-state index in [2.05, 4.69) is 59.3 Å². The van der Waals surface area contributed by atoms with E-state index in [0.717, 1.165) is 51.4 Å². The third-order valence-electron chi connectivity index (χ3n) is 13.5. The van der Waals surface area contributed by atoms with Gasteiger partial charge >= 0.3 is 5.97 Å². The van der Waals surface area contributed by atoms with Crippen molar-refractivity contribution in [2.75, 3.05) is 6.61 Å². The highest BCUT2D eigenvalue weighted by Crippen LogP contribution is 2.75. The molecule has 0 saturated heterocycles. The summed E-state index contributed by atoms with van der Waals surface area (Å²) in [6.07, 6.45) is 12.2. The maximum atomic E-state index is 14.2. The number of aliphatic hydroxyl groups excluding tert-OH is 1. The number of esters is 1. The van der Waals surface area contributed by atoms with Gasteiger partial charge in [-0.15, -0.1) is 0 Å². The Morgan fingerprint density at radius 3 is 2.24 bits per heavy atom. The van der Waals surface area contributed by atoms with Gasteiger partial charge in [0, 0.05) is 11.3 Å². The van der Waals surface area contributed by atoms with Gasteiger partial charge in [-0.05, 0) is 117 Å². The molecule has 4 fully saturated rings. The number of hydrogen-bond donors (Lipinski definition) is 2. The van der Waals surface area contributed by atoms with E-state index in [1.165, 1.54) is 18.3 Å². The van der Waals surface area contributed by atoms with Gasteiger partial charge < -0.3 is 20.4 Å². The van der Waals surface area contributed by atoms with Crippen molar-refractivity contribution in [1.29, 1.82) is 0 Å². The van der Waals surface area contributed by atoms with Crippen LogP contribution in [0.25, 0.3) is 0 Å². The number of rotatable bonds is 3. The molecular formula is C35H57NO5. The standard InChI is InChI=1S/C30H46O3.C5H11NO2/c1-25(2)22-8-11-30(7)24(28(22,5)10-9-23(25)33)21(32)16-19-20-17-26(3,18-31)12-13-27(20,4)14-15-29(19,30)6;1-3-8-5(7)4(2)6/h16,18,20,22-24,33H,8-15,17H2,1-7H3;4H,3,6H2,1-2H3/t20?,22?,23?,24?,26-,27?,28?,29+,30?;/m0./s1. The van der Waals surface area contributed by atoms with Gasteiger partial charge in [0.05, 0.1) is 12.7 Å². The Morgan fingerprint density at radius 1 is 1.05 bits per heavy atom. The van der Waals surface area contributed by atoms with Crippen LogP contribution in [0.15, 0.2) is 11.6 Å². The third-order valence-corrected chi connectivity index (χ3v) is 13.5. The zero-order valence-corrected chi connectivity index (χ0v) is 27.3. The van der Waals surface area contributed by atoms with Crippen LogP contribution in [0.4, 0.5) is 0 Å². The molecule has 232 valence electrons. The van der Waals surface area contributed by atoms with Crippen LogP contribution in [0.1, 0.15) is 120 Å². The number of hydrogen-bond acceptors (Lipinski definition) is 6. The minimum absolute atomic E-state index is 0.00503. The monoisotopic (exact) mass is 571 g/mol. The summed E-state index contributed by atoms with van der Waals surface area (Å²) in [4.78, 5) is 36.6. The molecule has 4 saturated carbocycles. The smallest absolute Gasteiger partial charge is 0.322 e. The van der Waals surface area contributed by atoms with Gasteiger partial charge in [-0.2, -0.15) is 0 Å². The Hall–Kier alpha value is -1.53. The molecule has 0 radical (unpaired) electrons. The van der Waals surface area contributed by atoms with Crippen LogP contribution in [0.5, 0.6) is 0 Å². The van der Waals surface area contributed by atoms with Crippen LogP contribution in [0, 0.1) is 50.2 Å². The van der Waals surface area contributed by atoms with Crippen molar-refractivity contribution in [3.63, 3.8) is 0 Å². The van der Waals surface area contributed by atoms with Gasteiger partial charge in [0.1, 0.15) is 12.3 Å². The molecule has 0 amide bonds. The van der Waals surface area contributed by atoms with Crippen molar-refractivity contribution >= 4 is 18.0 Å². The quantitative estimate of drug-likeness (QED) is 0.299. The molecule has 10 atom stereocenters. The maximum absolute atomic E-state index is 14.2. The number of carbonyl (C=O) groups excluding carboxylic acids is 3. The number of nitrogens with two attached hydrogens (primary N) is 1. The first-order chi connectivity index (χ1) is 18.8. The molecule has 0 aromatic heterocycles. The Morgan fingerprint density at radius 2 is 1.68 bits per heavy atom. The molecule has 6 heteroatoms. The Balaban J connectivity index is 0.000000426. The molecular weight excluding hydrogens is 514 g/mol. The summed E-state index contributed by atoms with van der Waals surface area (Å²) >= 11 is 0. The van der Waals surface area contributed by atoms with E-state index in [9.17, 15) is 19.5 Å². The van der Waals surface area contributed by atoms with Crippen LogP contribution < -0.4 is 5.73 Å². The summed E-state index contributed by atoms with van der Waals surface area (Å²) in [5.41, 5.74) is 6.19. The summed E-state index contributed by atoms with van der Waals surface area (Å²) in [7, 11) is 0. The summed E-state index contributed by atoms with van der Waals surface area (Å²) in [5, 5.41) is 10.9. The number of allylic oxidation sites excluding steroid dienone is 2. The zero-order chi connectivity index (χ0) is 30.8. The third kappa shape index (κ3) is 4.87. The Kier molecular flexibility index (Phi) is 8.35. The van der Waals surface area contributed by atoms with E-state index >= 15 is 0 Å². The molecule has 0 heterocycles. The van der Waals surface area contributed by atoms with Crippen LogP contribution in [-0.2, 0) is 19.1 Å². The second kappa shape index (κ2) is 10.6. The largest absolute Gasteiger partial charge is 0.465 e.